The molecule has 2 fully saturated rings. The summed E-state index contributed by atoms with van der Waals surface area (Å²) >= 11 is 0. The first-order chi connectivity index (χ1) is 10.7. The molecule has 2 atom stereocenters. The highest BCUT2D eigenvalue weighted by Crippen LogP contribution is 2.41. The van der Waals surface area contributed by atoms with E-state index in [0.717, 1.165) is 43.7 Å². The summed E-state index contributed by atoms with van der Waals surface area (Å²) in [6.07, 6.45) is 5.87. The quantitative estimate of drug-likeness (QED) is 0.866. The van der Waals surface area contributed by atoms with E-state index in [9.17, 15) is 4.79 Å². The first kappa shape index (κ1) is 13.6. The zero-order valence-corrected chi connectivity index (χ0v) is 12.7. The molecule has 1 amide bonds. The number of piperidine rings is 1. The third kappa shape index (κ3) is 2.45. The van der Waals surface area contributed by atoms with Crippen molar-refractivity contribution in [3.63, 3.8) is 0 Å². The summed E-state index contributed by atoms with van der Waals surface area (Å²) in [5.41, 5.74) is 0.424. The van der Waals surface area contributed by atoms with E-state index in [1.54, 1.807) is 6.26 Å². The molecule has 5 nitrogen and oxygen atoms in total. The van der Waals surface area contributed by atoms with E-state index >= 15 is 0 Å². The van der Waals surface area contributed by atoms with Gasteiger partial charge in [-0.25, -0.2) is 0 Å². The molecule has 1 aliphatic carbocycles. The number of hydrogen-bond acceptors (Lipinski definition) is 4. The van der Waals surface area contributed by atoms with Gasteiger partial charge in [0.15, 0.2) is 5.69 Å². The molecule has 1 aliphatic heterocycles. The molecule has 3 heterocycles. The topological polar surface area (TPSA) is 59.5 Å². The summed E-state index contributed by atoms with van der Waals surface area (Å²) in [5.74, 6) is 2.70. The minimum absolute atomic E-state index is 0.00711. The van der Waals surface area contributed by atoms with E-state index in [1.807, 2.05) is 23.1 Å². The van der Waals surface area contributed by atoms with Gasteiger partial charge in [0.05, 0.1) is 12.3 Å². The number of hydrogen-bond donors (Lipinski definition) is 0. The highest BCUT2D eigenvalue weighted by Gasteiger charge is 2.35. The summed E-state index contributed by atoms with van der Waals surface area (Å²) in [7, 11) is 0. The number of nitrogens with zero attached hydrogens (tertiary/aromatic N) is 2. The normalized spacial score (nSPS) is 25.4. The molecule has 0 aromatic carbocycles. The predicted octanol–water partition coefficient (Wildman–Crippen LogP) is 3.76. The Kier molecular flexibility index (Phi) is 3.28. The molecule has 4 rings (SSSR count). The Labute approximate surface area is 129 Å². The molecule has 2 unspecified atom stereocenters. The highest BCUT2D eigenvalue weighted by molar-refractivity contribution is 5.92. The van der Waals surface area contributed by atoms with Gasteiger partial charge in [-0.1, -0.05) is 12.1 Å². The Morgan fingerprint density at radius 1 is 1.32 bits per heavy atom. The number of likely N-dealkylation sites (tertiary alicyclic amines) is 1. The average Bonchev–Trinajstić information content (AvgIpc) is 3.05. The van der Waals surface area contributed by atoms with Gasteiger partial charge in [-0.05, 0) is 43.7 Å². The summed E-state index contributed by atoms with van der Waals surface area (Å²) in [6.45, 7) is 2.95. The summed E-state index contributed by atoms with van der Waals surface area (Å²) < 4.78 is 10.9. The molecule has 0 radical (unpaired) electrons. The fourth-order valence-electron chi connectivity index (χ4n) is 3.23. The van der Waals surface area contributed by atoms with Crippen LogP contribution in [0.3, 0.4) is 0 Å². The average molecular weight is 300 g/mol. The standard InChI is InChI=1S/C17H20N2O3/c1-11-6-7-19(14(9-11)15-3-2-8-21-15)17(20)13-10-16(22-18-13)12-4-5-12/h2-3,8,10-12,14H,4-7,9H2,1H3. The molecule has 2 aromatic heterocycles. The largest absolute Gasteiger partial charge is 0.467 e. The third-order valence-electron chi connectivity index (χ3n) is 4.72. The van der Waals surface area contributed by atoms with Gasteiger partial charge >= 0.3 is 0 Å². The van der Waals surface area contributed by atoms with Gasteiger partial charge in [-0.2, -0.15) is 0 Å². The van der Waals surface area contributed by atoms with Crippen molar-refractivity contribution in [3.8, 4) is 0 Å². The maximum atomic E-state index is 12.8. The smallest absolute Gasteiger partial charge is 0.276 e. The van der Waals surface area contributed by atoms with Crippen LogP contribution in [0.4, 0.5) is 0 Å². The van der Waals surface area contributed by atoms with E-state index in [4.69, 9.17) is 8.94 Å². The van der Waals surface area contributed by atoms with Gasteiger partial charge in [-0.3, -0.25) is 4.79 Å². The minimum Gasteiger partial charge on any atom is -0.467 e. The van der Waals surface area contributed by atoms with Crippen molar-refractivity contribution in [2.24, 2.45) is 5.92 Å². The Morgan fingerprint density at radius 3 is 2.91 bits per heavy atom. The van der Waals surface area contributed by atoms with Gasteiger partial charge < -0.3 is 13.8 Å². The summed E-state index contributed by atoms with van der Waals surface area (Å²) in [5, 5.41) is 3.99. The summed E-state index contributed by atoms with van der Waals surface area (Å²) in [4.78, 5) is 14.7. The molecule has 1 saturated heterocycles. The second kappa shape index (κ2) is 5.30. The number of carbonyl (C=O) groups is 1. The SMILES string of the molecule is CC1CCN(C(=O)c2cc(C3CC3)on2)C(c2ccco2)C1. The Morgan fingerprint density at radius 2 is 2.18 bits per heavy atom. The van der Waals surface area contributed by atoms with Crippen LogP contribution in [0, 0.1) is 5.92 Å². The van der Waals surface area contributed by atoms with Gasteiger partial charge in [-0.15, -0.1) is 0 Å². The van der Waals surface area contributed by atoms with Crippen LogP contribution in [0.1, 0.15) is 66.6 Å². The number of aromatic nitrogens is 1. The van der Waals surface area contributed by atoms with Crippen molar-refractivity contribution in [1.82, 2.24) is 10.1 Å². The van der Waals surface area contributed by atoms with Gasteiger partial charge in [0.1, 0.15) is 11.5 Å². The van der Waals surface area contributed by atoms with Crippen molar-refractivity contribution in [3.05, 3.63) is 41.7 Å². The molecular weight excluding hydrogens is 280 g/mol. The third-order valence-corrected chi connectivity index (χ3v) is 4.72. The molecule has 0 bridgehead atoms. The maximum Gasteiger partial charge on any atom is 0.276 e. The molecule has 2 aromatic rings. The van der Waals surface area contributed by atoms with Crippen molar-refractivity contribution in [1.29, 1.82) is 0 Å². The van der Waals surface area contributed by atoms with Crippen molar-refractivity contribution < 1.29 is 13.7 Å². The van der Waals surface area contributed by atoms with Crippen LogP contribution >= 0.6 is 0 Å². The first-order valence-corrected chi connectivity index (χ1v) is 8.03. The zero-order valence-electron chi connectivity index (χ0n) is 12.7. The Balaban J connectivity index is 1.58. The minimum atomic E-state index is -0.0519. The molecule has 22 heavy (non-hydrogen) atoms. The number of furan rings is 1. The van der Waals surface area contributed by atoms with Gasteiger partial charge in [0.2, 0.25) is 0 Å². The molecule has 2 aliphatic rings. The van der Waals surface area contributed by atoms with Crippen LogP contribution in [0.5, 0.6) is 0 Å². The maximum absolute atomic E-state index is 12.8. The van der Waals surface area contributed by atoms with Crippen molar-refractivity contribution in [2.75, 3.05) is 6.54 Å². The molecule has 0 spiro atoms. The first-order valence-electron chi connectivity index (χ1n) is 8.03. The van der Waals surface area contributed by atoms with Crippen molar-refractivity contribution >= 4 is 5.91 Å². The lowest BCUT2D eigenvalue weighted by Gasteiger charge is -2.36. The lowest BCUT2D eigenvalue weighted by atomic mass is 9.91. The van der Waals surface area contributed by atoms with Gasteiger partial charge in [0.25, 0.3) is 5.91 Å². The number of carbonyl (C=O) groups excluding carboxylic acids is 1. The fourth-order valence-corrected chi connectivity index (χ4v) is 3.23. The number of rotatable bonds is 3. The molecule has 5 heteroatoms. The zero-order chi connectivity index (χ0) is 15.1. The van der Waals surface area contributed by atoms with Crippen LogP contribution in [-0.4, -0.2) is 22.5 Å². The van der Waals surface area contributed by atoms with Crippen LogP contribution < -0.4 is 0 Å². The monoisotopic (exact) mass is 300 g/mol. The lowest BCUT2D eigenvalue weighted by molar-refractivity contribution is 0.0510. The van der Waals surface area contributed by atoms with E-state index < -0.39 is 0 Å². The van der Waals surface area contributed by atoms with Crippen LogP contribution in [0.25, 0.3) is 0 Å². The second-order valence-electron chi connectivity index (χ2n) is 6.55. The summed E-state index contributed by atoms with van der Waals surface area (Å²) in [6, 6.07) is 5.63. The van der Waals surface area contributed by atoms with Crippen molar-refractivity contribution in [2.45, 2.75) is 44.6 Å². The predicted molar refractivity (Wildman–Crippen MR) is 79.4 cm³/mol. The van der Waals surface area contributed by atoms with Gasteiger partial charge in [0, 0.05) is 18.5 Å². The van der Waals surface area contributed by atoms with E-state index in [2.05, 4.69) is 12.1 Å². The second-order valence-corrected chi connectivity index (χ2v) is 6.55. The Hall–Kier alpha value is -2.04. The highest BCUT2D eigenvalue weighted by atomic mass is 16.5. The number of amides is 1. The molecule has 1 saturated carbocycles. The van der Waals surface area contributed by atoms with Crippen LogP contribution in [-0.2, 0) is 0 Å². The lowest BCUT2D eigenvalue weighted by Crippen LogP contribution is -2.40. The van der Waals surface area contributed by atoms with E-state index in [1.165, 1.54) is 0 Å². The Bertz CT molecular complexity index is 657. The fraction of sp³-hybridized carbons (Fsp3) is 0.529. The molecule has 0 N–H and O–H groups in total. The molecule has 116 valence electrons. The van der Waals surface area contributed by atoms with Crippen LogP contribution in [0.2, 0.25) is 0 Å². The van der Waals surface area contributed by atoms with E-state index in [-0.39, 0.29) is 11.9 Å². The van der Waals surface area contributed by atoms with E-state index in [0.29, 0.717) is 17.5 Å². The molecular formula is C17H20N2O3. The van der Waals surface area contributed by atoms with Crippen LogP contribution in [0.15, 0.2) is 33.4 Å².